The van der Waals surface area contributed by atoms with Crippen molar-refractivity contribution in [1.82, 2.24) is 0 Å². The largest absolute Gasteiger partial charge is 0.493 e. The van der Waals surface area contributed by atoms with Crippen LogP contribution in [0, 0.1) is 11.8 Å². The molecule has 1 amide bonds. The summed E-state index contributed by atoms with van der Waals surface area (Å²) in [5.74, 6) is -2.03. The zero-order valence-corrected chi connectivity index (χ0v) is 12.7. The molecule has 2 aliphatic heterocycles. The third-order valence-electron chi connectivity index (χ3n) is 4.14. The number of nitrogens with one attached hydrogen (secondary N) is 1. The fourth-order valence-electron chi connectivity index (χ4n) is 3.05. The molecule has 3 rings (SSSR count). The SMILES string of the molecule is COc1ccc(NC(=O)[C@@H]2[C@@H](C(=O)O)[C@@H]3C=C[C@@H]2O3)cc1OC. The maximum atomic E-state index is 12.5. The molecule has 7 heteroatoms. The van der Waals surface area contributed by atoms with Gasteiger partial charge >= 0.3 is 5.97 Å². The van der Waals surface area contributed by atoms with Crippen molar-refractivity contribution in [3.63, 3.8) is 0 Å². The lowest BCUT2D eigenvalue weighted by Crippen LogP contribution is -2.39. The van der Waals surface area contributed by atoms with Gasteiger partial charge in [0.05, 0.1) is 32.3 Å². The molecule has 1 aromatic rings. The highest BCUT2D eigenvalue weighted by Gasteiger charge is 2.53. The third-order valence-corrected chi connectivity index (χ3v) is 4.14. The van der Waals surface area contributed by atoms with E-state index >= 15 is 0 Å². The van der Waals surface area contributed by atoms with Crippen molar-refractivity contribution in [3.05, 3.63) is 30.4 Å². The molecule has 0 aromatic heterocycles. The molecular weight excluding hydrogens is 302 g/mol. The lowest BCUT2D eigenvalue weighted by atomic mass is 9.82. The van der Waals surface area contributed by atoms with E-state index in [4.69, 9.17) is 14.2 Å². The van der Waals surface area contributed by atoms with Gasteiger partial charge in [-0.05, 0) is 12.1 Å². The van der Waals surface area contributed by atoms with Crippen molar-refractivity contribution >= 4 is 17.6 Å². The number of carboxylic acid groups (broad SMARTS) is 1. The smallest absolute Gasteiger partial charge is 0.310 e. The summed E-state index contributed by atoms with van der Waals surface area (Å²) in [6.45, 7) is 0. The first-order valence-electron chi connectivity index (χ1n) is 7.14. The van der Waals surface area contributed by atoms with Crippen LogP contribution < -0.4 is 14.8 Å². The molecule has 2 aliphatic rings. The van der Waals surface area contributed by atoms with Crippen molar-refractivity contribution in [2.45, 2.75) is 12.2 Å². The van der Waals surface area contributed by atoms with Gasteiger partial charge in [0.2, 0.25) is 5.91 Å². The first-order chi connectivity index (χ1) is 11.0. The van der Waals surface area contributed by atoms with Crippen LogP contribution in [-0.2, 0) is 14.3 Å². The minimum Gasteiger partial charge on any atom is -0.493 e. The Balaban J connectivity index is 1.79. The summed E-state index contributed by atoms with van der Waals surface area (Å²) in [7, 11) is 3.02. The number of benzene rings is 1. The number of carbonyl (C=O) groups excluding carboxylic acids is 1. The highest BCUT2D eigenvalue weighted by atomic mass is 16.5. The second-order valence-corrected chi connectivity index (χ2v) is 5.40. The zero-order valence-electron chi connectivity index (χ0n) is 12.7. The Morgan fingerprint density at radius 1 is 1.09 bits per heavy atom. The molecule has 0 spiro atoms. The summed E-state index contributed by atoms with van der Waals surface area (Å²) in [6.07, 6.45) is 2.40. The van der Waals surface area contributed by atoms with E-state index in [9.17, 15) is 14.7 Å². The van der Waals surface area contributed by atoms with Crippen molar-refractivity contribution in [3.8, 4) is 11.5 Å². The van der Waals surface area contributed by atoms with Crippen LogP contribution in [0.1, 0.15) is 0 Å². The summed E-state index contributed by atoms with van der Waals surface area (Å²) in [6, 6.07) is 4.95. The minimum absolute atomic E-state index is 0.388. The molecule has 0 saturated carbocycles. The lowest BCUT2D eigenvalue weighted by molar-refractivity contribution is -0.145. The molecule has 2 bridgehead atoms. The third kappa shape index (κ3) is 2.63. The Labute approximate surface area is 132 Å². The first kappa shape index (κ1) is 15.4. The maximum absolute atomic E-state index is 12.5. The molecule has 122 valence electrons. The second kappa shape index (κ2) is 5.92. The molecule has 4 atom stereocenters. The van der Waals surface area contributed by atoms with Gasteiger partial charge in [0.15, 0.2) is 11.5 Å². The first-order valence-corrected chi connectivity index (χ1v) is 7.14. The quantitative estimate of drug-likeness (QED) is 0.795. The predicted molar refractivity (Wildman–Crippen MR) is 80.6 cm³/mol. The van der Waals surface area contributed by atoms with Crippen LogP contribution in [0.4, 0.5) is 5.69 Å². The van der Waals surface area contributed by atoms with E-state index in [1.165, 1.54) is 14.2 Å². The van der Waals surface area contributed by atoms with Crippen LogP contribution in [0.15, 0.2) is 30.4 Å². The summed E-state index contributed by atoms with van der Waals surface area (Å²) in [4.78, 5) is 23.9. The van der Waals surface area contributed by atoms with E-state index in [1.54, 1.807) is 30.4 Å². The van der Waals surface area contributed by atoms with Gasteiger partial charge in [-0.1, -0.05) is 12.2 Å². The minimum atomic E-state index is -1.03. The van der Waals surface area contributed by atoms with Crippen LogP contribution in [0.5, 0.6) is 11.5 Å². The molecule has 1 aromatic carbocycles. The van der Waals surface area contributed by atoms with Gasteiger partial charge in [0.1, 0.15) is 5.92 Å². The Kier molecular flexibility index (Phi) is 3.96. The van der Waals surface area contributed by atoms with Gasteiger partial charge in [0.25, 0.3) is 0 Å². The normalized spacial score (nSPS) is 27.7. The number of ether oxygens (including phenoxy) is 3. The summed E-state index contributed by atoms with van der Waals surface area (Å²) in [5, 5.41) is 12.1. The standard InChI is InChI=1S/C16H17NO6/c1-21-9-4-3-8(7-12(9)22-2)17-15(18)13-10-5-6-11(23-10)14(13)16(19)20/h3-7,10-11,13-14H,1-2H3,(H,17,18)(H,19,20)/t10-,11-,13-,14-/m0/s1. The van der Waals surface area contributed by atoms with E-state index in [1.807, 2.05) is 0 Å². The fourth-order valence-corrected chi connectivity index (χ4v) is 3.05. The van der Waals surface area contributed by atoms with Crippen LogP contribution in [0.3, 0.4) is 0 Å². The number of anilines is 1. The molecule has 1 fully saturated rings. The lowest BCUT2D eigenvalue weighted by Gasteiger charge is -2.21. The van der Waals surface area contributed by atoms with Gasteiger partial charge in [0, 0.05) is 11.8 Å². The summed E-state index contributed by atoms with van der Waals surface area (Å²) in [5.41, 5.74) is 0.503. The fraction of sp³-hybridized carbons (Fsp3) is 0.375. The van der Waals surface area contributed by atoms with Crippen LogP contribution in [0.2, 0.25) is 0 Å². The molecule has 2 heterocycles. The van der Waals surface area contributed by atoms with Crippen molar-refractivity contribution < 1.29 is 28.9 Å². The number of amides is 1. The average Bonchev–Trinajstić information content (AvgIpc) is 3.15. The Bertz CT molecular complexity index is 671. The highest BCUT2D eigenvalue weighted by Crippen LogP contribution is 2.40. The van der Waals surface area contributed by atoms with Crippen molar-refractivity contribution in [2.75, 3.05) is 19.5 Å². The Hall–Kier alpha value is -2.54. The van der Waals surface area contributed by atoms with Crippen LogP contribution >= 0.6 is 0 Å². The van der Waals surface area contributed by atoms with Gasteiger partial charge in [-0.15, -0.1) is 0 Å². The Morgan fingerprint density at radius 2 is 1.74 bits per heavy atom. The molecule has 7 nitrogen and oxygen atoms in total. The Morgan fingerprint density at radius 3 is 2.35 bits per heavy atom. The average molecular weight is 319 g/mol. The topological polar surface area (TPSA) is 94.1 Å². The monoisotopic (exact) mass is 319 g/mol. The number of hydrogen-bond donors (Lipinski definition) is 2. The molecule has 0 aliphatic carbocycles. The highest BCUT2D eigenvalue weighted by molar-refractivity contribution is 5.96. The van der Waals surface area contributed by atoms with Gasteiger partial charge in [-0.25, -0.2) is 0 Å². The number of carbonyl (C=O) groups is 2. The number of aliphatic carboxylic acids is 1. The number of methoxy groups -OCH3 is 2. The number of hydrogen-bond acceptors (Lipinski definition) is 5. The van der Waals surface area contributed by atoms with E-state index in [0.29, 0.717) is 17.2 Å². The molecule has 23 heavy (non-hydrogen) atoms. The van der Waals surface area contributed by atoms with E-state index in [2.05, 4.69) is 5.32 Å². The van der Waals surface area contributed by atoms with Crippen LogP contribution in [0.25, 0.3) is 0 Å². The van der Waals surface area contributed by atoms with Crippen molar-refractivity contribution in [1.29, 1.82) is 0 Å². The zero-order chi connectivity index (χ0) is 16.6. The molecule has 0 unspecified atom stereocenters. The van der Waals surface area contributed by atoms with Crippen molar-refractivity contribution in [2.24, 2.45) is 11.8 Å². The number of rotatable bonds is 5. The van der Waals surface area contributed by atoms with Gasteiger partial charge in [-0.3, -0.25) is 9.59 Å². The predicted octanol–water partition coefficient (Wildman–Crippen LogP) is 1.30. The summed E-state index contributed by atoms with van der Waals surface area (Å²) < 4.78 is 15.8. The maximum Gasteiger partial charge on any atom is 0.310 e. The van der Waals surface area contributed by atoms with Crippen LogP contribution in [-0.4, -0.2) is 43.4 Å². The molecular formula is C16H17NO6. The van der Waals surface area contributed by atoms with E-state index < -0.39 is 30.0 Å². The second-order valence-electron chi connectivity index (χ2n) is 5.40. The molecule has 0 radical (unpaired) electrons. The van der Waals surface area contributed by atoms with E-state index in [0.717, 1.165) is 0 Å². The van der Waals surface area contributed by atoms with E-state index in [-0.39, 0.29) is 5.91 Å². The number of fused-ring (bicyclic) bond motifs is 2. The molecule has 2 N–H and O–H groups in total. The summed E-state index contributed by atoms with van der Waals surface area (Å²) >= 11 is 0. The van der Waals surface area contributed by atoms with Gasteiger partial charge in [-0.2, -0.15) is 0 Å². The molecule has 1 saturated heterocycles. The van der Waals surface area contributed by atoms with Gasteiger partial charge < -0.3 is 24.6 Å². The number of carboxylic acids is 1.